The number of benzene rings is 2. The molecule has 0 bridgehead atoms. The highest BCUT2D eigenvalue weighted by atomic mass is 16.4. The maximum atomic E-state index is 13.2. The summed E-state index contributed by atoms with van der Waals surface area (Å²) in [5.74, 6) is -0.649. The lowest BCUT2D eigenvalue weighted by Gasteiger charge is -2.36. The van der Waals surface area contributed by atoms with Gasteiger partial charge in [0.1, 0.15) is 0 Å². The molecule has 1 N–H and O–H groups in total. The zero-order valence-corrected chi connectivity index (χ0v) is 15.6. The molecule has 142 valence electrons. The van der Waals surface area contributed by atoms with Gasteiger partial charge in [0, 0.05) is 31.3 Å². The van der Waals surface area contributed by atoms with Crippen LogP contribution in [0.2, 0.25) is 0 Å². The van der Waals surface area contributed by atoms with Gasteiger partial charge in [0.25, 0.3) is 0 Å². The molecule has 0 spiro atoms. The van der Waals surface area contributed by atoms with E-state index in [2.05, 4.69) is 24.3 Å². The molecule has 1 saturated heterocycles. The van der Waals surface area contributed by atoms with Crippen molar-refractivity contribution in [1.82, 2.24) is 4.90 Å². The van der Waals surface area contributed by atoms with Crippen LogP contribution in [0.25, 0.3) is 0 Å². The number of rotatable bonds is 7. The van der Waals surface area contributed by atoms with Gasteiger partial charge in [-0.2, -0.15) is 0 Å². The molecule has 0 saturated carbocycles. The Morgan fingerprint density at radius 3 is 2.11 bits per heavy atom. The van der Waals surface area contributed by atoms with E-state index in [0.717, 1.165) is 36.9 Å². The van der Waals surface area contributed by atoms with Gasteiger partial charge in [-0.05, 0) is 36.8 Å². The van der Waals surface area contributed by atoms with Crippen LogP contribution < -0.4 is 0 Å². The number of amides is 1. The zero-order valence-electron chi connectivity index (χ0n) is 15.6. The van der Waals surface area contributed by atoms with Crippen LogP contribution in [-0.4, -0.2) is 34.5 Å². The first kappa shape index (κ1) is 19.2. The second-order valence-electron chi connectivity index (χ2n) is 7.25. The predicted octanol–water partition coefficient (Wildman–Crippen LogP) is 4.45. The molecule has 1 heterocycles. The van der Waals surface area contributed by atoms with Crippen molar-refractivity contribution in [2.75, 3.05) is 6.54 Å². The minimum absolute atomic E-state index is 0.0157. The molecule has 1 unspecified atom stereocenters. The number of likely N-dealkylation sites (tertiary alicyclic amines) is 1. The van der Waals surface area contributed by atoms with Gasteiger partial charge in [-0.3, -0.25) is 9.59 Å². The molecule has 0 aliphatic carbocycles. The number of carbonyl (C=O) groups is 2. The Labute approximate surface area is 160 Å². The van der Waals surface area contributed by atoms with Crippen LogP contribution >= 0.6 is 0 Å². The summed E-state index contributed by atoms with van der Waals surface area (Å²) in [6, 6.07) is 20.3. The molecule has 0 radical (unpaired) electrons. The van der Waals surface area contributed by atoms with Gasteiger partial charge < -0.3 is 10.0 Å². The van der Waals surface area contributed by atoms with Crippen LogP contribution in [0.5, 0.6) is 0 Å². The molecular weight excluding hydrogens is 338 g/mol. The Balaban J connectivity index is 1.78. The van der Waals surface area contributed by atoms with Gasteiger partial charge in [-0.15, -0.1) is 0 Å². The number of hydrogen-bond acceptors (Lipinski definition) is 2. The Bertz CT molecular complexity index is 705. The SMILES string of the molecule is O=C(O)CCC1CCCCN1C(=O)CC(c1ccccc1)c1ccccc1. The Morgan fingerprint density at radius 1 is 0.963 bits per heavy atom. The third-order valence-corrected chi connectivity index (χ3v) is 5.42. The summed E-state index contributed by atoms with van der Waals surface area (Å²) in [6.45, 7) is 0.736. The number of carbonyl (C=O) groups excluding carboxylic acids is 1. The highest BCUT2D eigenvalue weighted by Gasteiger charge is 2.29. The van der Waals surface area contributed by atoms with Crippen molar-refractivity contribution < 1.29 is 14.7 Å². The van der Waals surface area contributed by atoms with Crippen LogP contribution in [0.3, 0.4) is 0 Å². The van der Waals surface area contributed by atoms with Gasteiger partial charge in [0.05, 0.1) is 0 Å². The van der Waals surface area contributed by atoms with E-state index in [4.69, 9.17) is 5.11 Å². The van der Waals surface area contributed by atoms with E-state index >= 15 is 0 Å². The van der Waals surface area contributed by atoms with Gasteiger partial charge in [0.15, 0.2) is 0 Å². The van der Waals surface area contributed by atoms with Crippen molar-refractivity contribution in [3.63, 3.8) is 0 Å². The lowest BCUT2D eigenvalue weighted by atomic mass is 9.87. The van der Waals surface area contributed by atoms with Gasteiger partial charge in [-0.1, -0.05) is 60.7 Å². The van der Waals surface area contributed by atoms with E-state index in [-0.39, 0.29) is 24.3 Å². The highest BCUT2D eigenvalue weighted by Crippen LogP contribution is 2.30. The minimum atomic E-state index is -0.792. The van der Waals surface area contributed by atoms with Crippen LogP contribution in [0.1, 0.15) is 55.6 Å². The van der Waals surface area contributed by atoms with E-state index in [1.165, 1.54) is 0 Å². The molecule has 1 atom stereocenters. The predicted molar refractivity (Wildman–Crippen MR) is 106 cm³/mol. The summed E-state index contributed by atoms with van der Waals surface area (Å²) in [5.41, 5.74) is 2.27. The fraction of sp³-hybridized carbons (Fsp3) is 0.391. The number of carboxylic acids is 1. The first-order valence-electron chi connectivity index (χ1n) is 9.76. The molecular formula is C23H27NO3. The van der Waals surface area contributed by atoms with Crippen molar-refractivity contribution in [2.45, 2.75) is 50.5 Å². The molecule has 0 aromatic heterocycles. The summed E-state index contributed by atoms with van der Waals surface area (Å²) in [7, 11) is 0. The molecule has 4 heteroatoms. The van der Waals surface area contributed by atoms with E-state index in [9.17, 15) is 9.59 Å². The Kier molecular flexibility index (Phi) is 6.64. The third-order valence-electron chi connectivity index (χ3n) is 5.42. The third kappa shape index (κ3) is 5.19. The summed E-state index contributed by atoms with van der Waals surface area (Å²) in [4.78, 5) is 26.1. The lowest BCUT2D eigenvalue weighted by molar-refractivity contribution is -0.140. The number of hydrogen-bond donors (Lipinski definition) is 1. The van der Waals surface area contributed by atoms with Gasteiger partial charge in [-0.25, -0.2) is 0 Å². The second-order valence-corrected chi connectivity index (χ2v) is 7.25. The van der Waals surface area contributed by atoms with Crippen LogP contribution in [0.4, 0.5) is 0 Å². The molecule has 2 aromatic rings. The highest BCUT2D eigenvalue weighted by molar-refractivity contribution is 5.78. The van der Waals surface area contributed by atoms with Crippen molar-refractivity contribution in [1.29, 1.82) is 0 Å². The normalized spacial score (nSPS) is 17.1. The maximum absolute atomic E-state index is 13.2. The van der Waals surface area contributed by atoms with E-state index in [1.807, 2.05) is 41.3 Å². The second kappa shape index (κ2) is 9.36. The van der Waals surface area contributed by atoms with Crippen molar-refractivity contribution in [2.24, 2.45) is 0 Å². The molecule has 4 nitrogen and oxygen atoms in total. The van der Waals surface area contributed by atoms with Gasteiger partial charge in [0.2, 0.25) is 5.91 Å². The summed E-state index contributed by atoms with van der Waals surface area (Å²) < 4.78 is 0. The standard InChI is InChI=1S/C23H27NO3/c25-22(24-16-8-7-13-20(24)14-15-23(26)27)17-21(18-9-3-1-4-10-18)19-11-5-2-6-12-19/h1-6,9-12,20-21H,7-8,13-17H2,(H,26,27). The summed E-state index contributed by atoms with van der Waals surface area (Å²) in [5, 5.41) is 9.01. The van der Waals surface area contributed by atoms with Gasteiger partial charge >= 0.3 is 5.97 Å². The lowest BCUT2D eigenvalue weighted by Crippen LogP contribution is -2.44. The number of carboxylic acid groups (broad SMARTS) is 1. The average Bonchev–Trinajstić information content (AvgIpc) is 2.72. The van der Waals surface area contributed by atoms with Crippen LogP contribution in [0, 0.1) is 0 Å². The topological polar surface area (TPSA) is 57.6 Å². The Morgan fingerprint density at radius 2 is 1.56 bits per heavy atom. The van der Waals surface area contributed by atoms with Crippen molar-refractivity contribution in [3.8, 4) is 0 Å². The molecule has 1 amide bonds. The number of nitrogens with zero attached hydrogens (tertiary/aromatic N) is 1. The molecule has 27 heavy (non-hydrogen) atoms. The smallest absolute Gasteiger partial charge is 0.303 e. The fourth-order valence-corrected chi connectivity index (χ4v) is 4.01. The number of piperidine rings is 1. The largest absolute Gasteiger partial charge is 0.481 e. The van der Waals surface area contributed by atoms with Crippen LogP contribution in [-0.2, 0) is 9.59 Å². The average molecular weight is 365 g/mol. The molecule has 2 aromatic carbocycles. The molecule has 1 aliphatic rings. The summed E-state index contributed by atoms with van der Waals surface area (Å²) in [6.07, 6.45) is 4.04. The van der Waals surface area contributed by atoms with E-state index < -0.39 is 5.97 Å². The van der Waals surface area contributed by atoms with E-state index in [0.29, 0.717) is 12.8 Å². The van der Waals surface area contributed by atoms with E-state index in [1.54, 1.807) is 0 Å². The van der Waals surface area contributed by atoms with Crippen molar-refractivity contribution >= 4 is 11.9 Å². The molecule has 1 aliphatic heterocycles. The minimum Gasteiger partial charge on any atom is -0.481 e. The van der Waals surface area contributed by atoms with Crippen molar-refractivity contribution in [3.05, 3.63) is 71.8 Å². The zero-order chi connectivity index (χ0) is 19.1. The Hall–Kier alpha value is -2.62. The summed E-state index contributed by atoms with van der Waals surface area (Å²) >= 11 is 0. The maximum Gasteiger partial charge on any atom is 0.303 e. The quantitative estimate of drug-likeness (QED) is 0.788. The van der Waals surface area contributed by atoms with Crippen LogP contribution in [0.15, 0.2) is 60.7 Å². The first-order chi connectivity index (χ1) is 13.1. The monoisotopic (exact) mass is 365 g/mol. The fourth-order valence-electron chi connectivity index (χ4n) is 4.01. The number of aliphatic carboxylic acids is 1. The molecule has 3 rings (SSSR count). The molecule has 1 fully saturated rings. The first-order valence-corrected chi connectivity index (χ1v) is 9.76.